The van der Waals surface area contributed by atoms with Gasteiger partial charge in [-0.1, -0.05) is 15.9 Å². The van der Waals surface area contributed by atoms with Crippen molar-refractivity contribution in [3.05, 3.63) is 0 Å². The van der Waals surface area contributed by atoms with Crippen LogP contribution in [0, 0.1) is 0 Å². The summed E-state index contributed by atoms with van der Waals surface area (Å²) in [5.74, 6) is 0.127. The number of ether oxygens (including phenoxy) is 2. The maximum absolute atomic E-state index is 12.3. The van der Waals surface area contributed by atoms with Gasteiger partial charge in [-0.05, 0) is 25.7 Å². The van der Waals surface area contributed by atoms with Crippen LogP contribution < -0.4 is 0 Å². The molecule has 5 heteroatoms. The van der Waals surface area contributed by atoms with Crippen LogP contribution in [0.15, 0.2) is 0 Å². The van der Waals surface area contributed by atoms with Crippen LogP contribution in [0.4, 0.5) is 0 Å². The molecule has 0 aliphatic carbocycles. The quantitative estimate of drug-likeness (QED) is 0.740. The van der Waals surface area contributed by atoms with E-state index in [9.17, 15) is 4.79 Å². The van der Waals surface area contributed by atoms with Crippen molar-refractivity contribution < 1.29 is 14.3 Å². The van der Waals surface area contributed by atoms with Gasteiger partial charge in [0.2, 0.25) is 0 Å². The van der Waals surface area contributed by atoms with Crippen LogP contribution in [-0.2, 0) is 14.3 Å². The van der Waals surface area contributed by atoms with E-state index >= 15 is 0 Å². The second-order valence-electron chi connectivity index (χ2n) is 4.59. The Labute approximate surface area is 111 Å². The largest absolute Gasteiger partial charge is 0.376 e. The van der Waals surface area contributed by atoms with Gasteiger partial charge in [0.1, 0.15) is 0 Å². The number of carbonyl (C=O) groups excluding carboxylic acids is 1. The minimum Gasteiger partial charge on any atom is -0.376 e. The Balaban J connectivity index is 1.88. The zero-order valence-corrected chi connectivity index (χ0v) is 11.7. The van der Waals surface area contributed by atoms with E-state index in [1.807, 2.05) is 4.90 Å². The van der Waals surface area contributed by atoms with Crippen LogP contribution in [0.5, 0.6) is 0 Å². The third kappa shape index (κ3) is 3.42. The molecule has 0 aromatic rings. The number of hydrogen-bond acceptors (Lipinski definition) is 3. The number of halogens is 1. The Morgan fingerprint density at radius 3 is 3.00 bits per heavy atom. The molecule has 2 saturated heterocycles. The molecule has 0 saturated carbocycles. The van der Waals surface area contributed by atoms with Crippen molar-refractivity contribution in [1.29, 1.82) is 0 Å². The van der Waals surface area contributed by atoms with Gasteiger partial charge in [-0.3, -0.25) is 4.79 Å². The summed E-state index contributed by atoms with van der Waals surface area (Å²) in [6.07, 6.45) is 4.09. The number of alkyl halides is 1. The SMILES string of the molecule is O=C(C1COCCO1)N1CCCC1CCCBr. The van der Waals surface area contributed by atoms with Gasteiger partial charge >= 0.3 is 0 Å². The number of nitrogens with zero attached hydrogens (tertiary/aromatic N) is 1. The summed E-state index contributed by atoms with van der Waals surface area (Å²) < 4.78 is 10.8. The van der Waals surface area contributed by atoms with Crippen molar-refractivity contribution >= 4 is 21.8 Å². The number of rotatable bonds is 4. The number of amides is 1. The maximum Gasteiger partial charge on any atom is 0.254 e. The highest BCUT2D eigenvalue weighted by molar-refractivity contribution is 9.09. The van der Waals surface area contributed by atoms with Gasteiger partial charge < -0.3 is 14.4 Å². The third-order valence-electron chi connectivity index (χ3n) is 3.42. The Kier molecular flexibility index (Phi) is 5.25. The molecule has 0 radical (unpaired) electrons. The number of carbonyl (C=O) groups is 1. The molecule has 2 aliphatic heterocycles. The fourth-order valence-corrected chi connectivity index (χ4v) is 2.88. The fraction of sp³-hybridized carbons (Fsp3) is 0.917. The highest BCUT2D eigenvalue weighted by atomic mass is 79.9. The van der Waals surface area contributed by atoms with Crippen LogP contribution in [-0.4, -0.2) is 54.6 Å². The zero-order valence-electron chi connectivity index (χ0n) is 10.1. The van der Waals surface area contributed by atoms with E-state index < -0.39 is 0 Å². The molecule has 2 rings (SSSR count). The second-order valence-corrected chi connectivity index (χ2v) is 5.39. The topological polar surface area (TPSA) is 38.8 Å². The van der Waals surface area contributed by atoms with Crippen LogP contribution in [0.3, 0.4) is 0 Å². The first-order valence-electron chi connectivity index (χ1n) is 6.38. The van der Waals surface area contributed by atoms with E-state index in [1.165, 1.54) is 0 Å². The Morgan fingerprint density at radius 1 is 1.41 bits per heavy atom. The van der Waals surface area contributed by atoms with Gasteiger partial charge in [-0.25, -0.2) is 0 Å². The molecule has 0 bridgehead atoms. The molecule has 98 valence electrons. The maximum atomic E-state index is 12.3. The molecule has 4 nitrogen and oxygen atoms in total. The van der Waals surface area contributed by atoms with Crippen LogP contribution in [0.2, 0.25) is 0 Å². The molecule has 2 unspecified atom stereocenters. The van der Waals surface area contributed by atoms with Gasteiger partial charge in [0.25, 0.3) is 5.91 Å². The molecule has 0 aromatic heterocycles. The Hall–Kier alpha value is -0.130. The first kappa shape index (κ1) is 13.3. The molecular weight excluding hydrogens is 286 g/mol. The highest BCUT2D eigenvalue weighted by Crippen LogP contribution is 2.23. The predicted octanol–water partition coefficient (Wildman–Crippen LogP) is 1.57. The molecule has 2 heterocycles. The summed E-state index contributed by atoms with van der Waals surface area (Å²) in [4.78, 5) is 14.3. The molecule has 2 atom stereocenters. The van der Waals surface area contributed by atoms with E-state index in [2.05, 4.69) is 15.9 Å². The van der Waals surface area contributed by atoms with Crippen LogP contribution in [0.25, 0.3) is 0 Å². The lowest BCUT2D eigenvalue weighted by Gasteiger charge is -2.30. The van der Waals surface area contributed by atoms with E-state index in [1.54, 1.807) is 0 Å². The minimum atomic E-state index is -0.367. The lowest BCUT2D eigenvalue weighted by Crippen LogP contribution is -2.47. The Bertz CT molecular complexity index is 256. The summed E-state index contributed by atoms with van der Waals surface area (Å²) in [5, 5.41) is 1.01. The van der Waals surface area contributed by atoms with Gasteiger partial charge in [-0.2, -0.15) is 0 Å². The molecule has 1 amide bonds. The standard InChI is InChI=1S/C12H20BrNO3/c13-5-1-3-10-4-2-6-14(10)12(15)11-9-16-7-8-17-11/h10-11H,1-9H2. The molecule has 0 N–H and O–H groups in total. The van der Waals surface area contributed by atoms with E-state index in [0.717, 1.165) is 37.6 Å². The lowest BCUT2D eigenvalue weighted by molar-refractivity contribution is -0.158. The zero-order chi connectivity index (χ0) is 12.1. The van der Waals surface area contributed by atoms with E-state index in [-0.39, 0.29) is 12.0 Å². The smallest absolute Gasteiger partial charge is 0.254 e. The van der Waals surface area contributed by atoms with E-state index in [4.69, 9.17) is 9.47 Å². The average Bonchev–Trinajstić information content (AvgIpc) is 2.84. The first-order chi connectivity index (χ1) is 8.33. The highest BCUT2D eigenvalue weighted by Gasteiger charge is 2.34. The molecule has 17 heavy (non-hydrogen) atoms. The number of hydrogen-bond donors (Lipinski definition) is 0. The molecule has 2 aliphatic rings. The van der Waals surface area contributed by atoms with Gasteiger partial charge in [0.05, 0.1) is 19.8 Å². The van der Waals surface area contributed by atoms with Gasteiger partial charge in [0.15, 0.2) is 6.10 Å². The second kappa shape index (κ2) is 6.71. The number of likely N-dealkylation sites (tertiary alicyclic amines) is 1. The Morgan fingerprint density at radius 2 is 2.29 bits per heavy atom. The van der Waals surface area contributed by atoms with Gasteiger partial charge in [-0.15, -0.1) is 0 Å². The third-order valence-corrected chi connectivity index (χ3v) is 3.98. The average molecular weight is 306 g/mol. The van der Waals surface area contributed by atoms with Crippen LogP contribution >= 0.6 is 15.9 Å². The summed E-state index contributed by atoms with van der Waals surface area (Å²) >= 11 is 3.44. The van der Waals surface area contributed by atoms with Crippen molar-refractivity contribution in [3.8, 4) is 0 Å². The van der Waals surface area contributed by atoms with Crippen molar-refractivity contribution in [2.24, 2.45) is 0 Å². The summed E-state index contributed by atoms with van der Waals surface area (Å²) in [6, 6.07) is 0.408. The minimum absolute atomic E-state index is 0.127. The summed E-state index contributed by atoms with van der Waals surface area (Å²) in [5.41, 5.74) is 0. The monoisotopic (exact) mass is 305 g/mol. The molecule has 0 spiro atoms. The molecule has 0 aromatic carbocycles. The lowest BCUT2D eigenvalue weighted by atomic mass is 10.1. The van der Waals surface area contributed by atoms with Crippen molar-refractivity contribution in [1.82, 2.24) is 4.90 Å². The van der Waals surface area contributed by atoms with Crippen molar-refractivity contribution in [2.75, 3.05) is 31.7 Å². The molecular formula is C12H20BrNO3. The van der Waals surface area contributed by atoms with Crippen molar-refractivity contribution in [2.45, 2.75) is 37.8 Å². The first-order valence-corrected chi connectivity index (χ1v) is 7.51. The fourth-order valence-electron chi connectivity index (χ4n) is 2.55. The normalized spacial score (nSPS) is 29.6. The summed E-state index contributed by atoms with van der Waals surface area (Å²) in [6.45, 7) is 2.44. The summed E-state index contributed by atoms with van der Waals surface area (Å²) in [7, 11) is 0. The van der Waals surface area contributed by atoms with Crippen molar-refractivity contribution in [3.63, 3.8) is 0 Å². The predicted molar refractivity (Wildman–Crippen MR) is 68.3 cm³/mol. The van der Waals surface area contributed by atoms with Gasteiger partial charge in [0, 0.05) is 17.9 Å². The van der Waals surface area contributed by atoms with Crippen LogP contribution in [0.1, 0.15) is 25.7 Å². The van der Waals surface area contributed by atoms with E-state index in [0.29, 0.717) is 25.9 Å². The molecule has 2 fully saturated rings.